The standard InChI is InChI=1S/C12H13N3O2/c1-2-9-14-11(10(13)12(17)15-9)7-5-3-4-6-8(7)16/h3-6,16H,2,13H2,1H3,(H,14,15,17). The molecule has 0 saturated heterocycles. The van der Waals surface area contributed by atoms with Crippen LogP contribution in [0.5, 0.6) is 5.75 Å². The average molecular weight is 231 g/mol. The molecule has 0 unspecified atom stereocenters. The second kappa shape index (κ2) is 4.29. The summed E-state index contributed by atoms with van der Waals surface area (Å²) in [5.74, 6) is 0.599. The van der Waals surface area contributed by atoms with Crippen LogP contribution in [0, 0.1) is 0 Å². The summed E-state index contributed by atoms with van der Waals surface area (Å²) in [5.41, 5.74) is 6.11. The van der Waals surface area contributed by atoms with Gasteiger partial charge >= 0.3 is 0 Å². The number of para-hydroxylation sites is 1. The van der Waals surface area contributed by atoms with E-state index >= 15 is 0 Å². The lowest BCUT2D eigenvalue weighted by atomic mass is 10.1. The largest absolute Gasteiger partial charge is 0.507 e. The highest BCUT2D eigenvalue weighted by molar-refractivity contribution is 5.76. The molecule has 1 aromatic heterocycles. The first-order valence-electron chi connectivity index (χ1n) is 5.30. The van der Waals surface area contributed by atoms with Gasteiger partial charge in [-0.1, -0.05) is 19.1 Å². The highest BCUT2D eigenvalue weighted by Crippen LogP contribution is 2.29. The smallest absolute Gasteiger partial charge is 0.274 e. The monoisotopic (exact) mass is 231 g/mol. The number of aromatic nitrogens is 2. The normalized spacial score (nSPS) is 10.4. The van der Waals surface area contributed by atoms with Crippen molar-refractivity contribution in [2.75, 3.05) is 5.73 Å². The molecule has 0 aliphatic rings. The van der Waals surface area contributed by atoms with Gasteiger partial charge in [0.15, 0.2) is 0 Å². The summed E-state index contributed by atoms with van der Waals surface area (Å²) in [7, 11) is 0. The van der Waals surface area contributed by atoms with Crippen molar-refractivity contribution in [2.45, 2.75) is 13.3 Å². The Morgan fingerprint density at radius 2 is 2.12 bits per heavy atom. The third-order valence-electron chi connectivity index (χ3n) is 2.50. The summed E-state index contributed by atoms with van der Waals surface area (Å²) in [4.78, 5) is 18.4. The minimum atomic E-state index is -0.380. The number of H-pyrrole nitrogens is 1. The molecule has 1 aromatic carbocycles. The Kier molecular flexibility index (Phi) is 2.82. The molecule has 0 amide bonds. The van der Waals surface area contributed by atoms with E-state index < -0.39 is 0 Å². The van der Waals surface area contributed by atoms with Gasteiger partial charge in [0.05, 0.1) is 0 Å². The van der Waals surface area contributed by atoms with Crippen molar-refractivity contribution >= 4 is 5.69 Å². The number of nitrogens with two attached hydrogens (primary N) is 1. The minimum Gasteiger partial charge on any atom is -0.507 e. The molecule has 2 rings (SSSR count). The van der Waals surface area contributed by atoms with Gasteiger partial charge in [-0.2, -0.15) is 0 Å². The number of nitrogen functional groups attached to an aromatic ring is 1. The van der Waals surface area contributed by atoms with Crippen molar-refractivity contribution < 1.29 is 5.11 Å². The lowest BCUT2D eigenvalue weighted by Gasteiger charge is -2.07. The molecular weight excluding hydrogens is 218 g/mol. The Morgan fingerprint density at radius 1 is 1.41 bits per heavy atom. The van der Waals surface area contributed by atoms with Crippen LogP contribution in [0.2, 0.25) is 0 Å². The topological polar surface area (TPSA) is 92.0 Å². The molecule has 0 aliphatic heterocycles. The molecule has 0 bridgehead atoms. The van der Waals surface area contributed by atoms with Gasteiger partial charge in [-0.25, -0.2) is 4.98 Å². The average Bonchev–Trinajstić information content (AvgIpc) is 2.33. The molecule has 0 saturated carbocycles. The Labute approximate surface area is 98.0 Å². The number of hydrogen-bond donors (Lipinski definition) is 3. The molecule has 2 aromatic rings. The number of hydrogen-bond acceptors (Lipinski definition) is 4. The lowest BCUT2D eigenvalue weighted by molar-refractivity contribution is 0.477. The van der Waals surface area contributed by atoms with Gasteiger partial charge in [-0.05, 0) is 12.1 Å². The highest BCUT2D eigenvalue weighted by atomic mass is 16.3. The van der Waals surface area contributed by atoms with Crippen LogP contribution in [0.3, 0.4) is 0 Å². The van der Waals surface area contributed by atoms with Crippen LogP contribution in [-0.4, -0.2) is 15.1 Å². The third kappa shape index (κ3) is 1.99. The molecule has 0 spiro atoms. The highest BCUT2D eigenvalue weighted by Gasteiger charge is 2.12. The Bertz CT molecular complexity index is 605. The Hall–Kier alpha value is -2.30. The third-order valence-corrected chi connectivity index (χ3v) is 2.50. The van der Waals surface area contributed by atoms with Gasteiger partial charge in [-0.15, -0.1) is 0 Å². The Morgan fingerprint density at radius 3 is 2.76 bits per heavy atom. The zero-order valence-electron chi connectivity index (χ0n) is 9.40. The van der Waals surface area contributed by atoms with Crippen LogP contribution in [0.1, 0.15) is 12.7 Å². The fourth-order valence-corrected chi connectivity index (χ4v) is 1.58. The molecule has 5 heteroatoms. The summed E-state index contributed by atoms with van der Waals surface area (Å²) >= 11 is 0. The maximum absolute atomic E-state index is 11.6. The number of nitrogens with one attached hydrogen (secondary N) is 1. The number of phenols is 1. The number of rotatable bonds is 2. The lowest BCUT2D eigenvalue weighted by Crippen LogP contribution is -2.17. The zero-order valence-corrected chi connectivity index (χ0v) is 9.40. The van der Waals surface area contributed by atoms with Crippen molar-refractivity contribution in [3.63, 3.8) is 0 Å². The summed E-state index contributed by atoms with van der Waals surface area (Å²) in [6, 6.07) is 6.65. The van der Waals surface area contributed by atoms with Crippen LogP contribution >= 0.6 is 0 Å². The number of aryl methyl sites for hydroxylation is 1. The molecule has 5 nitrogen and oxygen atoms in total. The van der Waals surface area contributed by atoms with Crippen molar-refractivity contribution in [1.29, 1.82) is 0 Å². The number of benzene rings is 1. The van der Waals surface area contributed by atoms with Gasteiger partial charge < -0.3 is 15.8 Å². The zero-order chi connectivity index (χ0) is 12.4. The van der Waals surface area contributed by atoms with Crippen molar-refractivity contribution in [1.82, 2.24) is 9.97 Å². The van der Waals surface area contributed by atoms with E-state index in [1.165, 1.54) is 6.07 Å². The van der Waals surface area contributed by atoms with Gasteiger partial charge in [-0.3, -0.25) is 4.79 Å². The number of aromatic hydroxyl groups is 1. The van der Waals surface area contributed by atoms with E-state index in [2.05, 4.69) is 9.97 Å². The molecule has 0 atom stereocenters. The van der Waals surface area contributed by atoms with Gasteiger partial charge in [0.25, 0.3) is 5.56 Å². The predicted molar refractivity (Wildman–Crippen MR) is 65.7 cm³/mol. The first kappa shape index (κ1) is 11.2. The summed E-state index contributed by atoms with van der Waals surface area (Å²) in [6.07, 6.45) is 0.593. The predicted octanol–water partition coefficient (Wildman–Crippen LogP) is 1.29. The van der Waals surface area contributed by atoms with Gasteiger partial charge in [0, 0.05) is 12.0 Å². The molecular formula is C12H13N3O2. The maximum Gasteiger partial charge on any atom is 0.274 e. The molecule has 88 valence electrons. The molecule has 0 radical (unpaired) electrons. The van der Waals surface area contributed by atoms with E-state index in [-0.39, 0.29) is 17.0 Å². The van der Waals surface area contributed by atoms with E-state index in [9.17, 15) is 9.90 Å². The number of anilines is 1. The SMILES string of the molecule is CCc1nc(-c2ccccc2O)c(N)c(=O)[nH]1. The van der Waals surface area contributed by atoms with E-state index in [4.69, 9.17) is 5.73 Å². The molecule has 0 aliphatic carbocycles. The van der Waals surface area contributed by atoms with Crippen LogP contribution in [0.25, 0.3) is 11.3 Å². The van der Waals surface area contributed by atoms with Crippen molar-refractivity contribution in [3.8, 4) is 17.0 Å². The van der Waals surface area contributed by atoms with Crippen LogP contribution in [0.4, 0.5) is 5.69 Å². The van der Waals surface area contributed by atoms with Crippen LogP contribution < -0.4 is 11.3 Å². The molecule has 1 heterocycles. The number of nitrogens with zero attached hydrogens (tertiary/aromatic N) is 1. The molecule has 4 N–H and O–H groups in total. The van der Waals surface area contributed by atoms with Crippen molar-refractivity contribution in [3.05, 3.63) is 40.4 Å². The first-order valence-corrected chi connectivity index (χ1v) is 5.30. The van der Waals surface area contributed by atoms with Crippen LogP contribution in [-0.2, 0) is 6.42 Å². The molecule has 0 fully saturated rings. The fourth-order valence-electron chi connectivity index (χ4n) is 1.58. The second-order valence-electron chi connectivity index (χ2n) is 3.65. The second-order valence-corrected chi connectivity index (χ2v) is 3.65. The van der Waals surface area contributed by atoms with Crippen LogP contribution in [0.15, 0.2) is 29.1 Å². The Balaban J connectivity index is 2.71. The number of phenolic OH excluding ortho intramolecular Hbond substituents is 1. The minimum absolute atomic E-state index is 0.0173. The fraction of sp³-hybridized carbons (Fsp3) is 0.167. The summed E-state index contributed by atoms with van der Waals surface area (Å²) in [6.45, 7) is 1.88. The van der Waals surface area contributed by atoms with Crippen molar-refractivity contribution in [2.24, 2.45) is 0 Å². The van der Waals surface area contributed by atoms with E-state index in [1.807, 2.05) is 6.92 Å². The van der Waals surface area contributed by atoms with Gasteiger partial charge in [0.2, 0.25) is 0 Å². The van der Waals surface area contributed by atoms with E-state index in [0.717, 1.165) is 0 Å². The summed E-state index contributed by atoms with van der Waals surface area (Å²) < 4.78 is 0. The first-order chi connectivity index (χ1) is 8.13. The molecule has 17 heavy (non-hydrogen) atoms. The maximum atomic E-state index is 11.6. The van der Waals surface area contributed by atoms with E-state index in [1.54, 1.807) is 18.2 Å². The quantitative estimate of drug-likeness (QED) is 0.726. The van der Waals surface area contributed by atoms with E-state index in [0.29, 0.717) is 23.5 Å². The number of aromatic amines is 1. The van der Waals surface area contributed by atoms with Gasteiger partial charge in [0.1, 0.15) is 23.0 Å². The summed E-state index contributed by atoms with van der Waals surface area (Å²) in [5, 5.41) is 9.74.